The average molecular weight is 1330 g/mol. The van der Waals surface area contributed by atoms with Gasteiger partial charge in [0.2, 0.25) is 0 Å². The molecule has 0 aromatic rings. The van der Waals surface area contributed by atoms with Gasteiger partial charge < -0.3 is 47.4 Å². The maximum atomic E-state index is 11.3. The highest BCUT2D eigenvalue weighted by atomic mass is 32.2. The Bertz CT molecular complexity index is 1750. The van der Waals surface area contributed by atoms with Gasteiger partial charge in [0, 0.05) is 71.1 Å². The normalized spacial score (nSPS) is 34.8. The van der Waals surface area contributed by atoms with Crippen molar-refractivity contribution in [1.82, 2.24) is 0 Å². The molecule has 2 spiro atoms. The highest BCUT2D eigenvalue weighted by Gasteiger charge is 2.60. The summed E-state index contributed by atoms with van der Waals surface area (Å²) in [5.41, 5.74) is 0. The molecule has 14 atom stereocenters. The Hall–Kier alpha value is -0.980. The lowest BCUT2D eigenvalue weighted by Gasteiger charge is -2.38. The van der Waals surface area contributed by atoms with Gasteiger partial charge in [-0.15, -0.1) is 0 Å². The predicted molar refractivity (Wildman–Crippen MR) is 379 cm³/mol. The molecule has 92 heavy (non-hydrogen) atoms. The molecular weight excluding hydrogens is 1180 g/mol. The molecule has 17 fully saturated rings. The van der Waals surface area contributed by atoms with Crippen molar-refractivity contribution < 1.29 is 64.8 Å². The zero-order valence-corrected chi connectivity index (χ0v) is 63.6. The van der Waals surface area contributed by atoms with Crippen LogP contribution in [0.2, 0.25) is 0 Å². The summed E-state index contributed by atoms with van der Waals surface area (Å²) in [4.78, 5) is 11.0. The van der Waals surface area contributed by atoms with Crippen molar-refractivity contribution in [3.05, 3.63) is 0 Å². The molecule has 14 nitrogen and oxygen atoms in total. The Morgan fingerprint density at radius 2 is 0.815 bits per heavy atom. The van der Waals surface area contributed by atoms with Crippen LogP contribution < -0.4 is 0 Å². The number of esters is 1. The largest absolute Gasteiger partial charge is 0.459 e. The van der Waals surface area contributed by atoms with Crippen molar-refractivity contribution in [2.24, 2.45) is 41.4 Å². The van der Waals surface area contributed by atoms with Crippen molar-refractivity contribution >= 4 is 16.1 Å². The van der Waals surface area contributed by atoms with E-state index in [4.69, 9.17) is 51.6 Å². The molecule has 7 aliphatic carbocycles. The van der Waals surface area contributed by atoms with Crippen molar-refractivity contribution in [3.63, 3.8) is 0 Å². The van der Waals surface area contributed by atoms with Crippen LogP contribution in [-0.4, -0.2) is 134 Å². The second-order valence-electron chi connectivity index (χ2n) is 25.8. The Labute approximate surface area is 568 Å². The van der Waals surface area contributed by atoms with Gasteiger partial charge in [0.05, 0.1) is 68.6 Å². The highest BCUT2D eigenvalue weighted by Crippen LogP contribution is 2.55. The summed E-state index contributed by atoms with van der Waals surface area (Å²) < 4.78 is 82.8. The van der Waals surface area contributed by atoms with E-state index in [1.807, 2.05) is 111 Å². The van der Waals surface area contributed by atoms with Crippen LogP contribution >= 0.6 is 0 Å². The third-order valence-corrected chi connectivity index (χ3v) is 22.0. The summed E-state index contributed by atoms with van der Waals surface area (Å²) in [6, 6.07) is 0. The molecule has 7 saturated carbocycles. The van der Waals surface area contributed by atoms with Gasteiger partial charge >= 0.3 is 5.97 Å². The van der Waals surface area contributed by atoms with E-state index in [9.17, 15) is 13.2 Å². The van der Waals surface area contributed by atoms with Crippen molar-refractivity contribution in [2.75, 3.05) is 66.1 Å². The van der Waals surface area contributed by atoms with E-state index in [2.05, 4.69) is 0 Å². The van der Waals surface area contributed by atoms with E-state index in [0.29, 0.717) is 30.1 Å². The fourth-order valence-electron chi connectivity index (χ4n) is 16.1. The summed E-state index contributed by atoms with van der Waals surface area (Å²) in [5.74, 6) is 4.70. The molecule has 10 aliphatic heterocycles. The number of carbonyl (C=O) groups excluding carboxylic acids is 1. The van der Waals surface area contributed by atoms with Crippen molar-refractivity contribution in [2.45, 2.75) is 383 Å². The van der Waals surface area contributed by atoms with Crippen LogP contribution in [0.1, 0.15) is 329 Å². The van der Waals surface area contributed by atoms with Gasteiger partial charge in [-0.1, -0.05) is 143 Å². The lowest BCUT2D eigenvalue weighted by atomic mass is 9.90. The Kier molecular flexibility index (Phi) is 49.3. The second kappa shape index (κ2) is 52.1. The van der Waals surface area contributed by atoms with E-state index in [1.54, 1.807) is 0 Å². The molecule has 17 rings (SSSR count). The summed E-state index contributed by atoms with van der Waals surface area (Å²) in [7, 11) is -3.13. The van der Waals surface area contributed by atoms with Crippen LogP contribution in [0.5, 0.6) is 0 Å². The van der Waals surface area contributed by atoms with Crippen LogP contribution in [0.15, 0.2) is 0 Å². The molecule has 14 unspecified atom stereocenters. The van der Waals surface area contributed by atoms with Gasteiger partial charge in [0.25, 0.3) is 10.1 Å². The van der Waals surface area contributed by atoms with Gasteiger partial charge in [-0.05, 0) is 184 Å². The number of hydrogen-bond donors (Lipinski definition) is 0. The number of rotatable bonds is 0. The van der Waals surface area contributed by atoms with Crippen LogP contribution in [0.25, 0.3) is 0 Å². The average Bonchev–Trinajstić information content (AvgIpc) is 1.61. The van der Waals surface area contributed by atoms with Crippen molar-refractivity contribution in [3.8, 4) is 0 Å². The van der Waals surface area contributed by atoms with E-state index in [0.717, 1.165) is 148 Å². The molecule has 0 aromatic carbocycles. The van der Waals surface area contributed by atoms with Crippen LogP contribution in [-0.2, 0) is 66.5 Å². The second-order valence-corrected chi connectivity index (χ2v) is 27.6. The molecule has 17 aliphatic rings. The summed E-state index contributed by atoms with van der Waals surface area (Å²) in [5, 5.41) is -0.133. The Balaban J connectivity index is 0.000000349. The van der Waals surface area contributed by atoms with Gasteiger partial charge in [-0.25, -0.2) is 0 Å². The first kappa shape index (κ1) is 87.1. The minimum atomic E-state index is -3.13. The molecule has 0 N–H and O–H groups in total. The van der Waals surface area contributed by atoms with Gasteiger partial charge in [-0.3, -0.25) is 8.98 Å². The van der Waals surface area contributed by atoms with E-state index in [1.165, 1.54) is 161 Å². The number of ether oxygens (including phenoxy) is 10. The number of hydrogen-bond acceptors (Lipinski definition) is 14. The monoisotopic (exact) mass is 1330 g/mol. The fraction of sp³-hybridized carbons (Fsp3) is 0.987. The molecule has 0 amide bonds. The lowest BCUT2D eigenvalue weighted by Crippen LogP contribution is -2.39. The first-order valence-electron chi connectivity index (χ1n) is 39.9. The highest BCUT2D eigenvalue weighted by molar-refractivity contribution is 7.87. The minimum Gasteiger partial charge on any atom is -0.459 e. The Morgan fingerprint density at radius 3 is 1.22 bits per heavy atom. The summed E-state index contributed by atoms with van der Waals surface area (Å²) in [6.45, 7) is 41.8. The van der Waals surface area contributed by atoms with Crippen LogP contribution in [0.3, 0.4) is 0 Å². The number of carbonyl (C=O) groups is 1. The van der Waals surface area contributed by atoms with Crippen molar-refractivity contribution in [1.29, 1.82) is 0 Å². The molecule has 548 valence electrons. The minimum absolute atomic E-state index is 0.0324. The fourth-order valence-corrected chi connectivity index (χ4v) is 18.0. The SMILES string of the molecule is C1CC2COC(C1)C2.C1CCC2(CC1)OCCCCO2.C1CCCOCC1.C1CCOC2(CCCCC2)OCC1.C1CCOCC1.C1OC2CC3CC1C2C3.CC.CC.CC.CC.CC.CC.CC.CC.O=C1OC2CC3CC1C2O3.O=S1(=O)OC2CC3CC2C1C3. The van der Waals surface area contributed by atoms with E-state index in [-0.39, 0.29) is 47.0 Å². The number of fused-ring (bicyclic) bond motifs is 5. The van der Waals surface area contributed by atoms with Gasteiger partial charge in [0.15, 0.2) is 11.6 Å². The first-order chi connectivity index (χ1) is 45.2. The third kappa shape index (κ3) is 29.1. The predicted octanol–water partition coefficient (Wildman–Crippen LogP) is 19.9. The zero-order chi connectivity index (χ0) is 68.1. The first-order valence-corrected chi connectivity index (χ1v) is 41.4. The molecule has 0 aromatic heterocycles. The topological polar surface area (TPSA) is 153 Å². The smallest absolute Gasteiger partial charge is 0.312 e. The van der Waals surface area contributed by atoms with Crippen LogP contribution in [0, 0.1) is 41.4 Å². The standard InChI is InChI=1S/C11H20O2.C10H18O2.C8H12O.C7H10O3S.C7H8O3.C7H12O.C6H12O.C5H10O.8C2H6/c1-3-7-11(8-4-1)12-9-5-2-6-10-13-11;1-2-6-10(7-3-1)11-8-4-5-9-12-10;1-5-2-7-6(1)4-9-8(7)3-5;8-11(9)7-3-4-1-5(7)6(2-4)10-11;8-7-4-1-3-2-5(10-7)6(4)9-3;1-2-6-4-7(3-1)8-5-6;1-2-4-6-7-5-3-1;1-2-4-6-5-3-1;8*1-2/h1-10H2;1-9H2;5-8H,1-4H2;4-7H,1-3H2;3-6H,1-2H2;6-7H,1-5H2;1-6H2;1-5H2;8*1-2H3. The maximum Gasteiger partial charge on any atom is 0.312 e. The van der Waals surface area contributed by atoms with Gasteiger partial charge in [-0.2, -0.15) is 8.42 Å². The third-order valence-electron chi connectivity index (χ3n) is 20.2. The maximum absolute atomic E-state index is 11.3. The quantitative estimate of drug-likeness (QED) is 0.167. The van der Waals surface area contributed by atoms with E-state index >= 15 is 0 Å². The summed E-state index contributed by atoms with van der Waals surface area (Å²) in [6.07, 6.45) is 44.2. The molecule has 15 heteroatoms. The van der Waals surface area contributed by atoms with Gasteiger partial charge in [0.1, 0.15) is 12.2 Å². The molecule has 10 heterocycles. The van der Waals surface area contributed by atoms with Crippen LogP contribution in [0.4, 0.5) is 0 Å². The Morgan fingerprint density at radius 1 is 0.370 bits per heavy atom. The molecule has 0 radical (unpaired) electrons. The van der Waals surface area contributed by atoms with E-state index < -0.39 is 10.1 Å². The molecular formula is C77H150O14S. The zero-order valence-electron chi connectivity index (χ0n) is 62.8. The summed E-state index contributed by atoms with van der Waals surface area (Å²) >= 11 is 0. The molecule has 8 bridgehead atoms. The lowest BCUT2D eigenvalue weighted by molar-refractivity contribution is -0.258. The molecule has 10 saturated heterocycles.